The molecule has 0 heterocycles. The van der Waals surface area contributed by atoms with Gasteiger partial charge in [-0.15, -0.1) is 0 Å². The second-order valence-electron chi connectivity index (χ2n) is 3.03. The molecule has 0 saturated carbocycles. The topological polar surface area (TPSA) is 83.6 Å². The fraction of sp³-hybridized carbons (Fsp3) is 0.300. The van der Waals surface area contributed by atoms with Gasteiger partial charge in [-0.1, -0.05) is 24.3 Å². The van der Waals surface area contributed by atoms with E-state index in [2.05, 4.69) is 0 Å². The van der Waals surface area contributed by atoms with Gasteiger partial charge in [0.2, 0.25) is 0 Å². The minimum absolute atomic E-state index is 0.0474. The highest BCUT2D eigenvalue weighted by Gasteiger charge is 2.13. The predicted molar refractivity (Wildman–Crippen MR) is 51.8 cm³/mol. The first-order chi connectivity index (χ1) is 6.65. The van der Waals surface area contributed by atoms with Crippen molar-refractivity contribution < 1.29 is 15.0 Å². The zero-order valence-electron chi connectivity index (χ0n) is 7.68. The van der Waals surface area contributed by atoms with Gasteiger partial charge >= 0.3 is 5.97 Å². The van der Waals surface area contributed by atoms with Crippen LogP contribution in [0, 0.1) is 0 Å². The summed E-state index contributed by atoms with van der Waals surface area (Å²) >= 11 is 0. The first-order valence-corrected chi connectivity index (χ1v) is 4.33. The highest BCUT2D eigenvalue weighted by molar-refractivity contribution is 5.75. The van der Waals surface area contributed by atoms with E-state index in [1.165, 1.54) is 0 Å². The van der Waals surface area contributed by atoms with E-state index in [9.17, 15) is 4.79 Å². The number of carboxylic acids is 1. The Balaban J connectivity index is 2.87. The van der Waals surface area contributed by atoms with Gasteiger partial charge in [-0.05, 0) is 17.5 Å². The number of carboxylic acid groups (broad SMARTS) is 1. The lowest BCUT2D eigenvalue weighted by atomic mass is 10.0. The fourth-order valence-corrected chi connectivity index (χ4v) is 1.21. The van der Waals surface area contributed by atoms with Crippen molar-refractivity contribution in [2.45, 2.75) is 12.5 Å². The van der Waals surface area contributed by atoms with Crippen LogP contribution in [0.4, 0.5) is 0 Å². The molecule has 0 aliphatic heterocycles. The molecule has 0 saturated heterocycles. The van der Waals surface area contributed by atoms with Crippen molar-refractivity contribution in [1.29, 1.82) is 0 Å². The average molecular weight is 195 g/mol. The first-order valence-electron chi connectivity index (χ1n) is 4.33. The van der Waals surface area contributed by atoms with Crippen molar-refractivity contribution >= 4 is 5.97 Å². The molecule has 1 atom stereocenters. The highest BCUT2D eigenvalue weighted by Crippen LogP contribution is 2.12. The minimum atomic E-state index is -1.05. The van der Waals surface area contributed by atoms with Crippen molar-refractivity contribution in [3.8, 4) is 0 Å². The van der Waals surface area contributed by atoms with Crippen LogP contribution >= 0.6 is 0 Å². The fourth-order valence-electron chi connectivity index (χ4n) is 1.21. The molecule has 0 spiro atoms. The Labute approximate surface area is 82.0 Å². The summed E-state index contributed by atoms with van der Waals surface area (Å²) in [4.78, 5) is 10.6. The van der Waals surface area contributed by atoms with Crippen LogP contribution in [0.25, 0.3) is 0 Å². The Morgan fingerprint density at radius 1 is 1.50 bits per heavy atom. The summed E-state index contributed by atoms with van der Waals surface area (Å²) in [5.41, 5.74) is 6.89. The molecule has 1 aromatic carbocycles. The molecule has 0 amide bonds. The molecule has 4 heteroatoms. The molecule has 0 aliphatic carbocycles. The molecule has 4 nitrogen and oxygen atoms in total. The van der Waals surface area contributed by atoms with E-state index in [0.717, 1.165) is 5.56 Å². The van der Waals surface area contributed by atoms with Gasteiger partial charge in [-0.2, -0.15) is 0 Å². The molecule has 4 N–H and O–H groups in total. The largest absolute Gasteiger partial charge is 0.480 e. The number of hydrogen-bond acceptors (Lipinski definition) is 3. The summed E-state index contributed by atoms with van der Waals surface area (Å²) < 4.78 is 0. The van der Waals surface area contributed by atoms with Gasteiger partial charge < -0.3 is 15.9 Å². The number of aliphatic carboxylic acids is 1. The molecule has 76 valence electrons. The van der Waals surface area contributed by atoms with Crippen molar-refractivity contribution in [1.82, 2.24) is 0 Å². The summed E-state index contributed by atoms with van der Waals surface area (Å²) in [6, 6.07) is 5.94. The molecular weight excluding hydrogens is 182 g/mol. The van der Waals surface area contributed by atoms with Crippen molar-refractivity contribution in [2.75, 3.05) is 6.61 Å². The third-order valence-electron chi connectivity index (χ3n) is 1.98. The maximum atomic E-state index is 10.6. The quantitative estimate of drug-likeness (QED) is 0.645. The van der Waals surface area contributed by atoms with E-state index < -0.39 is 12.0 Å². The Hall–Kier alpha value is -1.39. The maximum Gasteiger partial charge on any atom is 0.325 e. The Morgan fingerprint density at radius 2 is 2.21 bits per heavy atom. The third kappa shape index (κ3) is 2.55. The number of aliphatic hydroxyl groups excluding tert-OH is 1. The molecule has 1 rings (SSSR count). The molecule has 0 fully saturated rings. The van der Waals surface area contributed by atoms with Crippen LogP contribution in [-0.2, 0) is 11.2 Å². The highest BCUT2D eigenvalue weighted by atomic mass is 16.4. The van der Waals surface area contributed by atoms with Crippen LogP contribution in [0.1, 0.15) is 17.2 Å². The van der Waals surface area contributed by atoms with Crippen LogP contribution in [0.3, 0.4) is 0 Å². The number of rotatable bonds is 4. The molecule has 0 aromatic heterocycles. The number of nitrogens with two attached hydrogens (primary N) is 1. The second-order valence-corrected chi connectivity index (χ2v) is 3.03. The van der Waals surface area contributed by atoms with Gasteiger partial charge in [-0.25, -0.2) is 0 Å². The SMILES string of the molecule is NC(C(=O)O)c1cccc(CCO)c1. The Bertz CT molecular complexity index is 325. The average Bonchev–Trinajstić information content (AvgIpc) is 2.17. The van der Waals surface area contributed by atoms with Crippen LogP contribution in [0.2, 0.25) is 0 Å². The van der Waals surface area contributed by atoms with Crippen LogP contribution in [0.5, 0.6) is 0 Å². The zero-order chi connectivity index (χ0) is 10.6. The Kier molecular flexibility index (Phi) is 3.62. The van der Waals surface area contributed by atoms with E-state index >= 15 is 0 Å². The van der Waals surface area contributed by atoms with Gasteiger partial charge in [0, 0.05) is 6.61 Å². The number of aliphatic hydroxyl groups is 1. The minimum Gasteiger partial charge on any atom is -0.480 e. The molecule has 0 aliphatic rings. The monoisotopic (exact) mass is 195 g/mol. The molecule has 1 unspecified atom stereocenters. The zero-order valence-corrected chi connectivity index (χ0v) is 7.68. The molecular formula is C10H13NO3. The second kappa shape index (κ2) is 4.74. The van der Waals surface area contributed by atoms with E-state index in [1.807, 2.05) is 6.07 Å². The Morgan fingerprint density at radius 3 is 2.79 bits per heavy atom. The van der Waals surface area contributed by atoms with Gasteiger partial charge in [0.1, 0.15) is 6.04 Å². The predicted octanol–water partition coefficient (Wildman–Crippen LogP) is 0.306. The van der Waals surface area contributed by atoms with Crippen molar-refractivity contribution in [3.63, 3.8) is 0 Å². The normalized spacial score (nSPS) is 12.4. The van der Waals surface area contributed by atoms with E-state index in [0.29, 0.717) is 12.0 Å². The lowest BCUT2D eigenvalue weighted by molar-refractivity contribution is -0.138. The standard InChI is InChI=1S/C10H13NO3/c11-9(10(13)14)8-3-1-2-7(6-8)4-5-12/h1-3,6,9,12H,4-5,11H2,(H,13,14). The summed E-state index contributed by atoms with van der Waals surface area (Å²) in [6.07, 6.45) is 0.514. The molecule has 14 heavy (non-hydrogen) atoms. The first kappa shape index (κ1) is 10.7. The smallest absolute Gasteiger partial charge is 0.325 e. The summed E-state index contributed by atoms with van der Waals surface area (Å²) in [5, 5.41) is 17.4. The molecule has 0 bridgehead atoms. The van der Waals surface area contributed by atoms with Crippen LogP contribution in [0.15, 0.2) is 24.3 Å². The van der Waals surface area contributed by atoms with Crippen LogP contribution < -0.4 is 5.73 Å². The van der Waals surface area contributed by atoms with Crippen molar-refractivity contribution in [3.05, 3.63) is 35.4 Å². The summed E-state index contributed by atoms with van der Waals surface area (Å²) in [7, 11) is 0. The van der Waals surface area contributed by atoms with E-state index in [-0.39, 0.29) is 6.61 Å². The van der Waals surface area contributed by atoms with Gasteiger partial charge in [0.05, 0.1) is 0 Å². The number of benzene rings is 1. The molecule has 1 aromatic rings. The number of hydrogen-bond donors (Lipinski definition) is 3. The number of carbonyl (C=O) groups is 1. The third-order valence-corrected chi connectivity index (χ3v) is 1.98. The summed E-state index contributed by atoms with van der Waals surface area (Å²) in [5.74, 6) is -1.05. The van der Waals surface area contributed by atoms with Gasteiger partial charge in [-0.3, -0.25) is 4.79 Å². The van der Waals surface area contributed by atoms with Crippen LogP contribution in [-0.4, -0.2) is 22.8 Å². The van der Waals surface area contributed by atoms with E-state index in [1.54, 1.807) is 18.2 Å². The molecule has 0 radical (unpaired) electrons. The lowest BCUT2D eigenvalue weighted by Crippen LogP contribution is -2.20. The van der Waals surface area contributed by atoms with Gasteiger partial charge in [0.15, 0.2) is 0 Å². The van der Waals surface area contributed by atoms with Crippen molar-refractivity contribution in [2.24, 2.45) is 5.73 Å². The van der Waals surface area contributed by atoms with E-state index in [4.69, 9.17) is 15.9 Å². The lowest BCUT2D eigenvalue weighted by Gasteiger charge is -2.08. The summed E-state index contributed by atoms with van der Waals surface area (Å²) in [6.45, 7) is 0.0474. The van der Waals surface area contributed by atoms with Gasteiger partial charge in [0.25, 0.3) is 0 Å². The maximum absolute atomic E-state index is 10.6.